The smallest absolute Gasteiger partial charge is 0.311 e. The molecule has 1 heterocycles. The zero-order chi connectivity index (χ0) is 15.4. The summed E-state index contributed by atoms with van der Waals surface area (Å²) in [5.41, 5.74) is 7.74. The highest BCUT2D eigenvalue weighted by atomic mass is 32.2. The lowest BCUT2D eigenvalue weighted by atomic mass is 10.2. The van der Waals surface area contributed by atoms with Crippen LogP contribution in [0.25, 0.3) is 6.08 Å². The molecular formula is C17H14N2O2S. The minimum Gasteiger partial charge on any atom is -0.489 e. The molecular weight excluding hydrogens is 296 g/mol. The first-order valence-corrected chi connectivity index (χ1v) is 7.57. The molecule has 2 aromatic carbocycles. The largest absolute Gasteiger partial charge is 0.489 e. The fourth-order valence-electron chi connectivity index (χ4n) is 1.98. The van der Waals surface area contributed by atoms with E-state index in [2.05, 4.69) is 4.99 Å². The summed E-state index contributed by atoms with van der Waals surface area (Å²) < 4.78 is 5.73. The van der Waals surface area contributed by atoms with Gasteiger partial charge in [-0.15, -0.1) is 0 Å². The van der Waals surface area contributed by atoms with E-state index >= 15 is 0 Å². The fraction of sp³-hybridized carbons (Fsp3) is 0.0588. The molecule has 3 rings (SSSR count). The average Bonchev–Trinajstić information content (AvgIpc) is 2.85. The molecule has 0 radical (unpaired) electrons. The van der Waals surface area contributed by atoms with Gasteiger partial charge in [0.1, 0.15) is 18.2 Å². The van der Waals surface area contributed by atoms with Crippen LogP contribution in [0.3, 0.4) is 0 Å². The number of carbonyl (C=O) groups is 1. The number of nitrogens with zero attached hydrogens (tertiary/aromatic N) is 1. The Morgan fingerprint density at radius 3 is 2.45 bits per heavy atom. The van der Waals surface area contributed by atoms with E-state index in [1.807, 2.05) is 60.7 Å². The molecule has 2 N–H and O–H groups in total. The Hall–Kier alpha value is -2.53. The van der Waals surface area contributed by atoms with E-state index in [0.29, 0.717) is 11.5 Å². The highest BCUT2D eigenvalue weighted by Crippen LogP contribution is 2.27. The molecule has 110 valence electrons. The normalized spacial score (nSPS) is 15.9. The van der Waals surface area contributed by atoms with Crippen molar-refractivity contribution in [2.24, 2.45) is 10.7 Å². The van der Waals surface area contributed by atoms with Gasteiger partial charge < -0.3 is 10.5 Å². The number of amides is 1. The molecule has 0 saturated carbocycles. The zero-order valence-electron chi connectivity index (χ0n) is 11.7. The number of hydrogen-bond acceptors (Lipinski definition) is 4. The van der Waals surface area contributed by atoms with Crippen molar-refractivity contribution in [3.8, 4) is 5.75 Å². The number of aliphatic imine (C=N–C) groups is 1. The average molecular weight is 310 g/mol. The highest BCUT2D eigenvalue weighted by Gasteiger charge is 2.18. The fourth-order valence-corrected chi connectivity index (χ4v) is 2.66. The Labute approximate surface area is 132 Å². The summed E-state index contributed by atoms with van der Waals surface area (Å²) in [5.74, 6) is 1.07. The minimum absolute atomic E-state index is 0.272. The predicted molar refractivity (Wildman–Crippen MR) is 89.8 cm³/mol. The number of ether oxygens (including phenoxy) is 1. The summed E-state index contributed by atoms with van der Waals surface area (Å²) in [6.07, 6.45) is 1.84. The molecule has 0 aromatic heterocycles. The molecule has 1 aliphatic heterocycles. The molecule has 5 heteroatoms. The van der Waals surface area contributed by atoms with Gasteiger partial charge in [-0.1, -0.05) is 42.5 Å². The van der Waals surface area contributed by atoms with E-state index in [1.165, 1.54) is 0 Å². The van der Waals surface area contributed by atoms with Gasteiger partial charge in [0.25, 0.3) is 0 Å². The standard InChI is InChI=1S/C17H14N2O2S/c18-16-15(22-17(20)19-16)10-12-6-8-14(9-7-12)21-11-13-4-2-1-3-5-13/h1-10H,11H2,(H2,18,19,20)/b15-10-. The third-order valence-corrected chi connectivity index (χ3v) is 3.90. The zero-order valence-corrected chi connectivity index (χ0v) is 12.5. The second-order valence-electron chi connectivity index (χ2n) is 4.72. The first kappa shape index (κ1) is 14.4. The monoisotopic (exact) mass is 310 g/mol. The van der Waals surface area contributed by atoms with Gasteiger partial charge in [-0.05, 0) is 41.1 Å². The molecule has 0 saturated heterocycles. The molecule has 0 unspecified atom stereocenters. The summed E-state index contributed by atoms with van der Waals surface area (Å²) in [6, 6.07) is 17.6. The second kappa shape index (κ2) is 6.49. The number of hydrogen-bond donors (Lipinski definition) is 1. The van der Waals surface area contributed by atoms with Crippen LogP contribution >= 0.6 is 11.8 Å². The molecule has 0 aliphatic carbocycles. The van der Waals surface area contributed by atoms with Gasteiger partial charge in [-0.2, -0.15) is 4.99 Å². The molecule has 1 amide bonds. The van der Waals surface area contributed by atoms with Crippen molar-refractivity contribution in [2.75, 3.05) is 0 Å². The molecule has 2 aromatic rings. The van der Waals surface area contributed by atoms with Crippen LogP contribution in [0, 0.1) is 0 Å². The number of amidine groups is 1. The van der Waals surface area contributed by atoms with Crippen molar-refractivity contribution in [3.63, 3.8) is 0 Å². The van der Waals surface area contributed by atoms with Gasteiger partial charge in [0, 0.05) is 0 Å². The molecule has 22 heavy (non-hydrogen) atoms. The number of nitrogens with two attached hydrogens (primary N) is 1. The molecule has 1 aliphatic rings. The van der Waals surface area contributed by atoms with Gasteiger partial charge in [-0.3, -0.25) is 4.79 Å². The lowest BCUT2D eigenvalue weighted by Gasteiger charge is -2.06. The van der Waals surface area contributed by atoms with Crippen LogP contribution in [0.5, 0.6) is 5.75 Å². The van der Waals surface area contributed by atoms with E-state index in [9.17, 15) is 4.79 Å². The van der Waals surface area contributed by atoms with Gasteiger partial charge in [-0.25, -0.2) is 0 Å². The third-order valence-electron chi connectivity index (χ3n) is 3.09. The number of rotatable bonds is 4. The van der Waals surface area contributed by atoms with Crippen molar-refractivity contribution in [3.05, 3.63) is 70.6 Å². The Bertz CT molecular complexity index is 737. The topological polar surface area (TPSA) is 64.7 Å². The first-order chi connectivity index (χ1) is 10.7. The van der Waals surface area contributed by atoms with E-state index in [0.717, 1.165) is 28.6 Å². The molecule has 0 bridgehead atoms. The van der Waals surface area contributed by atoms with Crippen LogP contribution in [-0.4, -0.2) is 11.1 Å². The van der Waals surface area contributed by atoms with Crippen LogP contribution < -0.4 is 10.5 Å². The van der Waals surface area contributed by atoms with Crippen molar-refractivity contribution in [1.82, 2.24) is 0 Å². The number of carbonyl (C=O) groups excluding carboxylic acids is 1. The summed E-state index contributed by atoms with van der Waals surface area (Å²) in [6.45, 7) is 0.533. The quantitative estimate of drug-likeness (QED) is 0.932. The van der Waals surface area contributed by atoms with E-state index in [4.69, 9.17) is 10.5 Å². The van der Waals surface area contributed by atoms with Gasteiger partial charge in [0.2, 0.25) is 0 Å². The predicted octanol–water partition coefficient (Wildman–Crippen LogP) is 3.83. The Morgan fingerprint density at radius 1 is 1.09 bits per heavy atom. The lowest BCUT2D eigenvalue weighted by molar-refractivity contribution is 0.268. The van der Waals surface area contributed by atoms with E-state index < -0.39 is 0 Å². The SMILES string of the molecule is NC1=NC(=O)S/C1=C\c1ccc(OCc2ccccc2)cc1. The maximum atomic E-state index is 11.2. The summed E-state index contributed by atoms with van der Waals surface area (Å²) in [5, 5.41) is -0.272. The van der Waals surface area contributed by atoms with Crippen LogP contribution in [0.15, 0.2) is 64.5 Å². The van der Waals surface area contributed by atoms with Gasteiger partial charge in [0.15, 0.2) is 0 Å². The lowest BCUT2D eigenvalue weighted by Crippen LogP contribution is -2.08. The number of thioether (sulfide) groups is 1. The van der Waals surface area contributed by atoms with Crippen molar-refractivity contribution in [2.45, 2.75) is 6.61 Å². The molecule has 4 nitrogen and oxygen atoms in total. The maximum absolute atomic E-state index is 11.2. The molecule has 0 fully saturated rings. The van der Waals surface area contributed by atoms with Crippen molar-refractivity contribution in [1.29, 1.82) is 0 Å². The molecule has 0 atom stereocenters. The van der Waals surface area contributed by atoms with Crippen LogP contribution in [0.4, 0.5) is 4.79 Å². The van der Waals surface area contributed by atoms with Crippen molar-refractivity contribution < 1.29 is 9.53 Å². The van der Waals surface area contributed by atoms with E-state index in [1.54, 1.807) is 0 Å². The van der Waals surface area contributed by atoms with Crippen LogP contribution in [0.1, 0.15) is 11.1 Å². The summed E-state index contributed by atoms with van der Waals surface area (Å²) in [7, 11) is 0. The Morgan fingerprint density at radius 2 is 1.82 bits per heavy atom. The Kier molecular flexibility index (Phi) is 4.25. The van der Waals surface area contributed by atoms with Gasteiger partial charge in [0.05, 0.1) is 4.91 Å². The molecule has 0 spiro atoms. The maximum Gasteiger partial charge on any atom is 0.311 e. The van der Waals surface area contributed by atoms with Crippen molar-refractivity contribution >= 4 is 28.9 Å². The summed E-state index contributed by atoms with van der Waals surface area (Å²) in [4.78, 5) is 15.5. The van der Waals surface area contributed by atoms with Crippen LogP contribution in [-0.2, 0) is 6.61 Å². The van der Waals surface area contributed by atoms with Crippen LogP contribution in [0.2, 0.25) is 0 Å². The second-order valence-corrected chi connectivity index (χ2v) is 5.71. The highest BCUT2D eigenvalue weighted by molar-refractivity contribution is 8.18. The van der Waals surface area contributed by atoms with E-state index in [-0.39, 0.29) is 11.1 Å². The third kappa shape index (κ3) is 3.56. The van der Waals surface area contributed by atoms with Gasteiger partial charge >= 0.3 is 5.24 Å². The Balaban J connectivity index is 1.65. The minimum atomic E-state index is -0.272. The first-order valence-electron chi connectivity index (χ1n) is 6.75. The number of benzene rings is 2. The summed E-state index contributed by atoms with van der Waals surface area (Å²) >= 11 is 1.04.